The molecule has 0 radical (unpaired) electrons. The van der Waals surface area contributed by atoms with Gasteiger partial charge in [0.05, 0.1) is 22.5 Å². The van der Waals surface area contributed by atoms with E-state index in [1.54, 1.807) is 4.90 Å². The van der Waals surface area contributed by atoms with Crippen molar-refractivity contribution in [1.29, 1.82) is 0 Å². The summed E-state index contributed by atoms with van der Waals surface area (Å²) in [7, 11) is -2.55. The molecule has 0 aliphatic carbocycles. The number of rotatable bonds is 9. The largest absolute Gasteiger partial charge is 0.379 e. The first-order chi connectivity index (χ1) is 13.2. The summed E-state index contributed by atoms with van der Waals surface area (Å²) in [6.45, 7) is 1.91. The molecule has 0 bridgehead atoms. The predicted octanol–water partition coefficient (Wildman–Crippen LogP) is 0.308. The Hall–Kier alpha value is -2.28. The second-order valence-electron chi connectivity index (χ2n) is 6.32. The molecule has 1 aromatic rings. The highest BCUT2D eigenvalue weighted by atomic mass is 32.2. The van der Waals surface area contributed by atoms with Crippen LogP contribution in [-0.4, -0.2) is 70.2 Å². The Morgan fingerprint density at radius 1 is 1.50 bits per heavy atom. The van der Waals surface area contributed by atoms with E-state index in [2.05, 4.69) is 5.32 Å². The lowest BCUT2D eigenvalue weighted by molar-refractivity contribution is -0.384. The van der Waals surface area contributed by atoms with Crippen LogP contribution in [0.15, 0.2) is 23.1 Å². The number of nitro groups is 1. The van der Waals surface area contributed by atoms with Crippen molar-refractivity contribution in [2.24, 2.45) is 5.14 Å². The molecule has 1 fully saturated rings. The van der Waals surface area contributed by atoms with Crippen LogP contribution in [0.25, 0.3) is 0 Å². The number of morpholine rings is 1. The summed E-state index contributed by atoms with van der Waals surface area (Å²) in [6.07, 6.45) is 1.19. The highest BCUT2D eigenvalue weighted by molar-refractivity contribution is 7.89. The number of nitrogens with two attached hydrogens (primary N) is 1. The van der Waals surface area contributed by atoms with Gasteiger partial charge in [0, 0.05) is 32.8 Å². The van der Waals surface area contributed by atoms with Crippen molar-refractivity contribution in [1.82, 2.24) is 4.90 Å². The maximum absolute atomic E-state index is 11.9. The highest BCUT2D eigenvalue weighted by Gasteiger charge is 2.24. The van der Waals surface area contributed by atoms with Crippen molar-refractivity contribution in [3.8, 4) is 0 Å². The highest BCUT2D eigenvalue weighted by Crippen LogP contribution is 2.27. The van der Waals surface area contributed by atoms with Crippen molar-refractivity contribution in [3.05, 3.63) is 28.3 Å². The summed E-state index contributed by atoms with van der Waals surface area (Å²) in [5, 5.41) is 19.1. The molecule has 3 N–H and O–H groups in total. The van der Waals surface area contributed by atoms with E-state index in [0.29, 0.717) is 39.1 Å². The van der Waals surface area contributed by atoms with Gasteiger partial charge < -0.3 is 19.7 Å². The molecule has 11 nitrogen and oxygen atoms in total. The third-order valence-corrected chi connectivity index (χ3v) is 5.18. The van der Waals surface area contributed by atoms with Gasteiger partial charge in [0.25, 0.3) is 5.69 Å². The molecule has 2 rings (SSSR count). The smallest absolute Gasteiger partial charge is 0.293 e. The van der Waals surface area contributed by atoms with Crippen molar-refractivity contribution in [3.63, 3.8) is 0 Å². The Morgan fingerprint density at radius 3 is 2.89 bits per heavy atom. The minimum absolute atomic E-state index is 0.0342. The number of hydrogen-bond acceptors (Lipinski definition) is 8. The Bertz CT molecular complexity index is 815. The number of carbonyl (C=O) groups is 1. The van der Waals surface area contributed by atoms with Crippen molar-refractivity contribution < 1.29 is 27.6 Å². The van der Waals surface area contributed by atoms with Crippen LogP contribution in [0.2, 0.25) is 0 Å². The minimum Gasteiger partial charge on any atom is -0.379 e. The molecule has 1 aliphatic rings. The number of nitro benzene ring substituents is 1. The zero-order valence-corrected chi connectivity index (χ0v) is 16.3. The number of hydrogen-bond donors (Lipinski definition) is 2. The van der Waals surface area contributed by atoms with E-state index in [1.807, 2.05) is 0 Å². The fourth-order valence-electron chi connectivity index (χ4n) is 2.88. The molecule has 1 unspecified atom stereocenters. The zero-order chi connectivity index (χ0) is 20.7. The number of primary sulfonamides is 1. The normalized spacial score (nSPS) is 17.4. The first-order valence-corrected chi connectivity index (χ1v) is 10.2. The van der Waals surface area contributed by atoms with E-state index in [1.165, 1.54) is 19.2 Å². The molecule has 12 heteroatoms. The number of methoxy groups -OCH3 is 1. The van der Waals surface area contributed by atoms with E-state index in [0.717, 1.165) is 6.07 Å². The molecule has 1 aliphatic heterocycles. The van der Waals surface area contributed by atoms with Crippen LogP contribution in [0.1, 0.15) is 12.8 Å². The molecule has 156 valence electrons. The number of amides is 1. The van der Waals surface area contributed by atoms with Crippen LogP contribution in [0.5, 0.6) is 0 Å². The van der Waals surface area contributed by atoms with Crippen molar-refractivity contribution in [2.45, 2.75) is 23.8 Å². The topological polar surface area (TPSA) is 154 Å². The molecule has 28 heavy (non-hydrogen) atoms. The molecule has 0 spiro atoms. The third-order valence-electron chi connectivity index (χ3n) is 4.27. The molecule has 0 aromatic heterocycles. The number of carbonyl (C=O) groups excluding carboxylic acids is 1. The Labute approximate surface area is 163 Å². The Kier molecular flexibility index (Phi) is 7.69. The average Bonchev–Trinajstić information content (AvgIpc) is 2.64. The average molecular weight is 416 g/mol. The monoisotopic (exact) mass is 416 g/mol. The molecule has 1 aromatic carbocycles. The molecule has 1 heterocycles. The van der Waals surface area contributed by atoms with Gasteiger partial charge in [-0.2, -0.15) is 0 Å². The predicted molar refractivity (Wildman–Crippen MR) is 100 cm³/mol. The van der Waals surface area contributed by atoms with Crippen molar-refractivity contribution >= 4 is 27.3 Å². The van der Waals surface area contributed by atoms with E-state index in [-0.39, 0.29) is 34.9 Å². The summed E-state index contributed by atoms with van der Waals surface area (Å²) in [6, 6.07) is 3.47. The number of nitrogens with one attached hydrogen (secondary N) is 1. The maximum atomic E-state index is 11.9. The molecular formula is C16H24N4O7S. The fourth-order valence-corrected chi connectivity index (χ4v) is 3.41. The van der Waals surface area contributed by atoms with E-state index >= 15 is 0 Å². The summed E-state index contributed by atoms with van der Waals surface area (Å²) in [5.41, 5.74) is -0.157. The summed E-state index contributed by atoms with van der Waals surface area (Å²) in [4.78, 5) is 23.8. The van der Waals surface area contributed by atoms with Crippen LogP contribution in [0.3, 0.4) is 0 Å². The lowest BCUT2D eigenvalue weighted by Crippen LogP contribution is -2.46. The summed E-state index contributed by atoms with van der Waals surface area (Å²) in [5.74, 6) is -0.0838. The Morgan fingerprint density at radius 2 is 2.25 bits per heavy atom. The van der Waals surface area contributed by atoms with Crippen LogP contribution >= 0.6 is 0 Å². The van der Waals surface area contributed by atoms with Gasteiger partial charge in [0.2, 0.25) is 15.9 Å². The van der Waals surface area contributed by atoms with Crippen LogP contribution in [0, 0.1) is 10.1 Å². The first-order valence-electron chi connectivity index (χ1n) is 8.66. The molecule has 0 saturated carbocycles. The standard InChI is InChI=1S/C16H24N4O7S/c1-26-11-16(21)19-7-8-27-12(10-19)3-2-6-18-14-5-4-13(28(17,24)25)9-15(14)20(22)23/h4-5,9,12,18H,2-3,6-8,10-11H2,1H3,(H2,17,24,25). The van der Waals surface area contributed by atoms with E-state index in [9.17, 15) is 23.3 Å². The molecule has 1 amide bonds. The van der Waals surface area contributed by atoms with Gasteiger partial charge in [-0.15, -0.1) is 0 Å². The number of benzene rings is 1. The lowest BCUT2D eigenvalue weighted by atomic mass is 10.1. The first kappa shape index (κ1) is 22.0. The van der Waals surface area contributed by atoms with Crippen LogP contribution in [-0.2, 0) is 24.3 Å². The van der Waals surface area contributed by atoms with E-state index < -0.39 is 14.9 Å². The van der Waals surface area contributed by atoms with Crippen LogP contribution < -0.4 is 10.5 Å². The van der Waals surface area contributed by atoms with E-state index in [4.69, 9.17) is 14.6 Å². The second-order valence-corrected chi connectivity index (χ2v) is 7.88. The van der Waals surface area contributed by atoms with Gasteiger partial charge in [0.15, 0.2) is 0 Å². The number of nitrogens with zero attached hydrogens (tertiary/aromatic N) is 2. The molecule has 1 atom stereocenters. The zero-order valence-electron chi connectivity index (χ0n) is 15.5. The number of anilines is 1. The van der Waals surface area contributed by atoms with Crippen LogP contribution in [0.4, 0.5) is 11.4 Å². The SMILES string of the molecule is COCC(=O)N1CCOC(CCCNc2ccc(S(N)(=O)=O)cc2[N+](=O)[O-])C1. The summed E-state index contributed by atoms with van der Waals surface area (Å²) >= 11 is 0. The van der Waals surface area contributed by atoms with Gasteiger partial charge in [-0.05, 0) is 25.0 Å². The van der Waals surface area contributed by atoms with Gasteiger partial charge in [0.1, 0.15) is 12.3 Å². The maximum Gasteiger partial charge on any atom is 0.293 e. The molecule has 1 saturated heterocycles. The lowest BCUT2D eigenvalue weighted by Gasteiger charge is -2.33. The summed E-state index contributed by atoms with van der Waals surface area (Å²) < 4.78 is 33.2. The number of sulfonamides is 1. The quantitative estimate of drug-likeness (QED) is 0.331. The van der Waals surface area contributed by atoms with Gasteiger partial charge in [-0.3, -0.25) is 14.9 Å². The third kappa shape index (κ3) is 6.12. The minimum atomic E-state index is -4.02. The van der Waals surface area contributed by atoms with Crippen molar-refractivity contribution in [2.75, 3.05) is 45.3 Å². The second kappa shape index (κ2) is 9.78. The molecular weight excluding hydrogens is 392 g/mol. The Balaban J connectivity index is 1.88. The number of ether oxygens (including phenoxy) is 2. The van der Waals surface area contributed by atoms with Gasteiger partial charge in [-0.1, -0.05) is 0 Å². The fraction of sp³-hybridized carbons (Fsp3) is 0.562. The van der Waals surface area contributed by atoms with Gasteiger partial charge in [-0.25, -0.2) is 13.6 Å². The van der Waals surface area contributed by atoms with Gasteiger partial charge >= 0.3 is 0 Å².